The van der Waals surface area contributed by atoms with E-state index in [0.717, 1.165) is 0 Å². The maximum atomic E-state index is 12.7. The lowest BCUT2D eigenvalue weighted by atomic mass is 10.00. The van der Waals surface area contributed by atoms with Gasteiger partial charge in [0.05, 0.1) is 5.56 Å². The Balaban J connectivity index is 0.00000144. The lowest BCUT2D eigenvalue weighted by molar-refractivity contribution is 0.0697. The molecule has 2 nitrogen and oxygen atoms in total. The topological polar surface area (TPSA) is 37.3 Å². The Labute approximate surface area is 104 Å². The Morgan fingerprint density at radius 1 is 1.00 bits per heavy atom. The fourth-order valence-electron chi connectivity index (χ4n) is 1.55. The van der Waals surface area contributed by atoms with E-state index in [9.17, 15) is 9.18 Å². The number of halogens is 2. The SMILES string of the molecule is Cl.O=C(O)c1ccccc1-c1ccc(F)cc1. The van der Waals surface area contributed by atoms with Crippen LogP contribution in [0.3, 0.4) is 0 Å². The molecule has 0 atom stereocenters. The third-order valence-corrected chi connectivity index (χ3v) is 2.31. The second-order valence-corrected chi connectivity index (χ2v) is 3.36. The fourth-order valence-corrected chi connectivity index (χ4v) is 1.55. The highest BCUT2D eigenvalue weighted by Gasteiger charge is 2.10. The highest BCUT2D eigenvalue weighted by Crippen LogP contribution is 2.23. The number of aromatic carboxylic acids is 1. The molecule has 0 aliphatic rings. The summed E-state index contributed by atoms with van der Waals surface area (Å²) in [6, 6.07) is 12.4. The van der Waals surface area contributed by atoms with Crippen molar-refractivity contribution in [3.63, 3.8) is 0 Å². The molecule has 0 aliphatic carbocycles. The molecule has 0 saturated heterocycles. The molecule has 1 N–H and O–H groups in total. The molecule has 0 unspecified atom stereocenters. The summed E-state index contributed by atoms with van der Waals surface area (Å²) >= 11 is 0. The first-order chi connectivity index (χ1) is 7.68. The van der Waals surface area contributed by atoms with E-state index >= 15 is 0 Å². The van der Waals surface area contributed by atoms with Crippen LogP contribution in [0.4, 0.5) is 4.39 Å². The minimum Gasteiger partial charge on any atom is -0.478 e. The summed E-state index contributed by atoms with van der Waals surface area (Å²) in [6.45, 7) is 0. The first-order valence-electron chi connectivity index (χ1n) is 4.77. The summed E-state index contributed by atoms with van der Waals surface area (Å²) < 4.78 is 12.7. The third kappa shape index (κ3) is 2.82. The Kier molecular flexibility index (Phi) is 4.24. The van der Waals surface area contributed by atoms with Crippen molar-refractivity contribution in [1.82, 2.24) is 0 Å². The molecule has 0 spiro atoms. The Morgan fingerprint density at radius 3 is 2.18 bits per heavy atom. The van der Waals surface area contributed by atoms with Gasteiger partial charge >= 0.3 is 5.97 Å². The van der Waals surface area contributed by atoms with Gasteiger partial charge in [0.1, 0.15) is 5.82 Å². The number of rotatable bonds is 2. The van der Waals surface area contributed by atoms with Gasteiger partial charge in [0, 0.05) is 0 Å². The second-order valence-electron chi connectivity index (χ2n) is 3.36. The zero-order valence-electron chi connectivity index (χ0n) is 8.76. The molecular weight excluding hydrogens is 243 g/mol. The summed E-state index contributed by atoms with van der Waals surface area (Å²) in [7, 11) is 0. The molecular formula is C13H10ClFO2. The van der Waals surface area contributed by atoms with Gasteiger partial charge < -0.3 is 5.11 Å². The van der Waals surface area contributed by atoms with Gasteiger partial charge in [-0.3, -0.25) is 0 Å². The van der Waals surface area contributed by atoms with Crippen LogP contribution in [-0.4, -0.2) is 11.1 Å². The second kappa shape index (κ2) is 5.46. The maximum Gasteiger partial charge on any atom is 0.336 e. The van der Waals surface area contributed by atoms with Gasteiger partial charge in [-0.25, -0.2) is 9.18 Å². The lowest BCUT2D eigenvalue weighted by Gasteiger charge is -2.05. The summed E-state index contributed by atoms with van der Waals surface area (Å²) in [4.78, 5) is 11.0. The Hall–Kier alpha value is -1.87. The molecule has 0 aromatic heterocycles. The van der Waals surface area contributed by atoms with E-state index in [1.807, 2.05) is 0 Å². The zero-order chi connectivity index (χ0) is 11.5. The fraction of sp³-hybridized carbons (Fsp3) is 0. The third-order valence-electron chi connectivity index (χ3n) is 2.31. The largest absolute Gasteiger partial charge is 0.478 e. The van der Waals surface area contributed by atoms with Crippen molar-refractivity contribution in [1.29, 1.82) is 0 Å². The van der Waals surface area contributed by atoms with Crippen molar-refractivity contribution in [2.24, 2.45) is 0 Å². The van der Waals surface area contributed by atoms with Crippen LogP contribution in [0.25, 0.3) is 11.1 Å². The average molecular weight is 253 g/mol. The number of hydrogen-bond acceptors (Lipinski definition) is 1. The predicted octanol–water partition coefficient (Wildman–Crippen LogP) is 3.61. The van der Waals surface area contributed by atoms with Crippen LogP contribution < -0.4 is 0 Å². The van der Waals surface area contributed by atoms with E-state index in [4.69, 9.17) is 5.11 Å². The van der Waals surface area contributed by atoms with Crippen molar-refractivity contribution < 1.29 is 14.3 Å². The van der Waals surface area contributed by atoms with Gasteiger partial charge in [0.2, 0.25) is 0 Å². The molecule has 0 heterocycles. The summed E-state index contributed by atoms with van der Waals surface area (Å²) in [5.74, 6) is -1.32. The van der Waals surface area contributed by atoms with Crippen LogP contribution in [0.5, 0.6) is 0 Å². The predicted molar refractivity (Wildman–Crippen MR) is 66.0 cm³/mol. The highest BCUT2D eigenvalue weighted by molar-refractivity contribution is 5.95. The standard InChI is InChI=1S/C13H9FO2.ClH/c14-10-7-5-9(6-8-10)11-3-1-2-4-12(11)13(15)16;/h1-8H,(H,15,16);1H. The maximum absolute atomic E-state index is 12.7. The van der Waals surface area contributed by atoms with Crippen molar-refractivity contribution in [2.75, 3.05) is 0 Å². The molecule has 4 heteroatoms. The summed E-state index contributed by atoms with van der Waals surface area (Å²) in [5.41, 5.74) is 1.50. The first kappa shape index (κ1) is 13.2. The van der Waals surface area contributed by atoms with Crippen LogP contribution in [0.2, 0.25) is 0 Å². The Morgan fingerprint density at radius 2 is 1.59 bits per heavy atom. The van der Waals surface area contributed by atoms with Gasteiger partial charge in [-0.1, -0.05) is 30.3 Å². The summed E-state index contributed by atoms with van der Waals surface area (Å²) in [6.07, 6.45) is 0. The number of carbonyl (C=O) groups is 1. The number of benzene rings is 2. The van der Waals surface area contributed by atoms with Crippen molar-refractivity contribution >= 4 is 18.4 Å². The van der Waals surface area contributed by atoms with E-state index in [1.54, 1.807) is 30.3 Å². The normalized spacial score (nSPS) is 9.47. The highest BCUT2D eigenvalue weighted by atomic mass is 35.5. The number of hydrogen-bond donors (Lipinski definition) is 1. The van der Waals surface area contributed by atoms with Crippen LogP contribution in [-0.2, 0) is 0 Å². The van der Waals surface area contributed by atoms with E-state index in [2.05, 4.69) is 0 Å². The molecule has 0 radical (unpaired) electrons. The Bertz CT molecular complexity index is 523. The van der Waals surface area contributed by atoms with Gasteiger partial charge in [-0.15, -0.1) is 12.4 Å². The molecule has 0 fully saturated rings. The molecule has 88 valence electrons. The number of carboxylic acids is 1. The smallest absolute Gasteiger partial charge is 0.336 e. The van der Waals surface area contributed by atoms with Gasteiger partial charge in [0.25, 0.3) is 0 Å². The first-order valence-corrected chi connectivity index (χ1v) is 4.77. The molecule has 17 heavy (non-hydrogen) atoms. The van der Waals surface area contributed by atoms with Crippen molar-refractivity contribution in [3.8, 4) is 11.1 Å². The molecule has 0 aliphatic heterocycles. The van der Waals surface area contributed by atoms with Gasteiger partial charge in [-0.05, 0) is 29.3 Å². The molecule has 0 bridgehead atoms. The van der Waals surface area contributed by atoms with Crippen molar-refractivity contribution in [2.45, 2.75) is 0 Å². The summed E-state index contributed by atoms with van der Waals surface area (Å²) in [5, 5.41) is 9.01. The molecule has 2 aromatic rings. The molecule has 0 amide bonds. The van der Waals surface area contributed by atoms with E-state index < -0.39 is 5.97 Å². The van der Waals surface area contributed by atoms with Crippen LogP contribution >= 0.6 is 12.4 Å². The van der Waals surface area contributed by atoms with Crippen LogP contribution in [0, 0.1) is 5.82 Å². The van der Waals surface area contributed by atoms with Crippen molar-refractivity contribution in [3.05, 3.63) is 59.9 Å². The molecule has 0 saturated carbocycles. The van der Waals surface area contributed by atoms with Gasteiger partial charge in [0.15, 0.2) is 0 Å². The van der Waals surface area contributed by atoms with Crippen LogP contribution in [0.15, 0.2) is 48.5 Å². The number of carboxylic acid groups (broad SMARTS) is 1. The quantitative estimate of drug-likeness (QED) is 0.886. The van der Waals surface area contributed by atoms with Gasteiger partial charge in [-0.2, -0.15) is 0 Å². The van der Waals surface area contributed by atoms with Crippen LogP contribution in [0.1, 0.15) is 10.4 Å². The minimum atomic E-state index is -0.986. The minimum absolute atomic E-state index is 0. The van der Waals surface area contributed by atoms with E-state index in [1.165, 1.54) is 18.2 Å². The molecule has 2 rings (SSSR count). The molecule has 2 aromatic carbocycles. The van der Waals surface area contributed by atoms with E-state index in [-0.39, 0.29) is 23.8 Å². The zero-order valence-corrected chi connectivity index (χ0v) is 9.58. The average Bonchev–Trinajstić information content (AvgIpc) is 2.30. The van der Waals surface area contributed by atoms with E-state index in [0.29, 0.717) is 11.1 Å². The lowest BCUT2D eigenvalue weighted by Crippen LogP contribution is -1.98. The monoisotopic (exact) mass is 252 g/mol.